The molecule has 1 N–H and O–H groups in total. The van der Waals surface area contributed by atoms with Crippen LogP contribution in [0.4, 0.5) is 5.69 Å². The van der Waals surface area contributed by atoms with Crippen LogP contribution in [0.1, 0.15) is 23.5 Å². The maximum absolute atomic E-state index is 5.70. The third-order valence-electron chi connectivity index (χ3n) is 5.46. The summed E-state index contributed by atoms with van der Waals surface area (Å²) in [6.07, 6.45) is 3.93. The van der Waals surface area contributed by atoms with Gasteiger partial charge in [-0.15, -0.1) is 0 Å². The number of ether oxygens (including phenoxy) is 1. The first kappa shape index (κ1) is 20.4. The number of methoxy groups -OCH3 is 1. The molecule has 1 aliphatic rings. The number of hydrogen-bond acceptors (Lipinski definition) is 4. The van der Waals surface area contributed by atoms with Gasteiger partial charge in [-0.2, -0.15) is 0 Å². The van der Waals surface area contributed by atoms with Crippen LogP contribution in [0, 0.1) is 0 Å². The summed E-state index contributed by atoms with van der Waals surface area (Å²) in [4.78, 5) is 8.92. The first-order valence-corrected chi connectivity index (χ1v) is 10.4. The van der Waals surface area contributed by atoms with Gasteiger partial charge in [0.1, 0.15) is 0 Å². The van der Waals surface area contributed by atoms with Crippen molar-refractivity contribution < 1.29 is 4.74 Å². The Kier molecular flexibility index (Phi) is 6.01. The number of benzene rings is 1. The summed E-state index contributed by atoms with van der Waals surface area (Å²) >= 11 is 5.70. The molecule has 0 radical (unpaired) electrons. The van der Waals surface area contributed by atoms with E-state index in [1.165, 1.54) is 5.69 Å². The van der Waals surface area contributed by atoms with Crippen LogP contribution >= 0.6 is 12.2 Å². The molecule has 6 nitrogen and oxygen atoms in total. The maximum atomic E-state index is 5.70. The van der Waals surface area contributed by atoms with E-state index in [1.54, 1.807) is 7.11 Å². The number of rotatable bonds is 7. The van der Waals surface area contributed by atoms with Crippen LogP contribution < -0.4 is 10.2 Å². The molecule has 0 bridgehead atoms. The van der Waals surface area contributed by atoms with Gasteiger partial charge >= 0.3 is 0 Å². The molecule has 2 aromatic heterocycles. The molecule has 1 fully saturated rings. The number of pyridine rings is 1. The molecule has 3 aromatic rings. The number of aromatic nitrogens is 2. The lowest BCUT2D eigenvalue weighted by Gasteiger charge is -2.28. The summed E-state index contributed by atoms with van der Waals surface area (Å²) in [7, 11) is 5.81. The Morgan fingerprint density at radius 2 is 1.90 bits per heavy atom. The predicted octanol–water partition coefficient (Wildman–Crippen LogP) is 3.56. The minimum Gasteiger partial charge on any atom is -0.383 e. The predicted molar refractivity (Wildman–Crippen MR) is 124 cm³/mol. The lowest BCUT2D eigenvalue weighted by atomic mass is 10.0. The minimum absolute atomic E-state index is 0.00563. The Balaban J connectivity index is 1.75. The highest BCUT2D eigenvalue weighted by molar-refractivity contribution is 7.80. The van der Waals surface area contributed by atoms with E-state index >= 15 is 0 Å². The molecule has 1 saturated heterocycles. The third kappa shape index (κ3) is 3.91. The fourth-order valence-corrected chi connectivity index (χ4v) is 4.27. The molecule has 0 aliphatic carbocycles. The lowest BCUT2D eigenvalue weighted by molar-refractivity contribution is 0.163. The fourth-order valence-electron chi connectivity index (χ4n) is 3.94. The second-order valence-corrected chi connectivity index (χ2v) is 7.91. The average Bonchev–Trinajstić information content (AvgIpc) is 3.37. The molecule has 4 rings (SSSR count). The van der Waals surface area contributed by atoms with Crippen LogP contribution in [0.2, 0.25) is 0 Å². The number of nitrogens with one attached hydrogen (secondary N) is 1. The Bertz CT molecular complexity index is 986. The normalized spacial score (nSPS) is 18.5. The van der Waals surface area contributed by atoms with E-state index in [-0.39, 0.29) is 12.1 Å². The van der Waals surface area contributed by atoms with E-state index in [4.69, 9.17) is 17.0 Å². The first-order valence-electron chi connectivity index (χ1n) is 10.0. The second kappa shape index (κ2) is 8.85. The minimum atomic E-state index is -0.0368. The second-order valence-electron chi connectivity index (χ2n) is 7.53. The van der Waals surface area contributed by atoms with Crippen molar-refractivity contribution in [2.24, 2.45) is 0 Å². The van der Waals surface area contributed by atoms with Gasteiger partial charge in [0.05, 0.1) is 24.4 Å². The molecule has 1 aliphatic heterocycles. The Morgan fingerprint density at radius 3 is 2.57 bits per heavy atom. The van der Waals surface area contributed by atoms with Crippen LogP contribution in [0.15, 0.2) is 67.0 Å². The first-order chi connectivity index (χ1) is 14.6. The van der Waals surface area contributed by atoms with Gasteiger partial charge in [-0.05, 0) is 60.7 Å². The van der Waals surface area contributed by atoms with Gasteiger partial charge in [0, 0.05) is 57.2 Å². The van der Waals surface area contributed by atoms with Crippen LogP contribution in [0.5, 0.6) is 0 Å². The van der Waals surface area contributed by atoms with Crippen molar-refractivity contribution in [3.05, 3.63) is 78.4 Å². The lowest BCUT2D eigenvalue weighted by Crippen LogP contribution is -2.33. The van der Waals surface area contributed by atoms with Crippen LogP contribution in [-0.2, 0) is 4.74 Å². The number of thiocarbonyl (C=S) groups is 1. The summed E-state index contributed by atoms with van der Waals surface area (Å²) in [6.45, 7) is 1.31. The van der Waals surface area contributed by atoms with Gasteiger partial charge in [0.25, 0.3) is 0 Å². The Hall–Kier alpha value is -2.90. The highest BCUT2D eigenvalue weighted by Crippen LogP contribution is 2.39. The molecular formula is C23H27N5OS. The zero-order valence-electron chi connectivity index (χ0n) is 17.5. The van der Waals surface area contributed by atoms with Gasteiger partial charge in [0.2, 0.25) is 0 Å². The molecule has 2 atom stereocenters. The third-order valence-corrected chi connectivity index (χ3v) is 5.81. The number of hydrogen-bond donors (Lipinski definition) is 1. The highest BCUT2D eigenvalue weighted by Gasteiger charge is 2.41. The van der Waals surface area contributed by atoms with Crippen molar-refractivity contribution >= 4 is 23.0 Å². The van der Waals surface area contributed by atoms with Crippen molar-refractivity contribution in [1.82, 2.24) is 19.8 Å². The SMILES string of the molecule is COCCN1C(=S)N[C@@H](c2ccccn2)[C@H]1c1cccn1-c1ccc(N(C)C)cc1. The van der Waals surface area contributed by atoms with Crippen molar-refractivity contribution in [2.75, 3.05) is 39.3 Å². The van der Waals surface area contributed by atoms with Gasteiger partial charge < -0.3 is 24.4 Å². The largest absolute Gasteiger partial charge is 0.383 e. The van der Waals surface area contributed by atoms with Crippen LogP contribution in [0.25, 0.3) is 5.69 Å². The number of nitrogens with zero attached hydrogens (tertiary/aromatic N) is 4. The van der Waals surface area contributed by atoms with Crippen LogP contribution in [0.3, 0.4) is 0 Å². The van der Waals surface area contributed by atoms with E-state index in [0.29, 0.717) is 13.2 Å². The van der Waals surface area contributed by atoms with Gasteiger partial charge in [-0.3, -0.25) is 4.98 Å². The fraction of sp³-hybridized carbons (Fsp3) is 0.304. The standard InChI is InChI=1S/C23H27N5OS/c1-26(2)17-9-11-18(12-10-17)27-14-6-8-20(27)22-21(19-7-4-5-13-24-19)25-23(30)28(22)15-16-29-3/h4-14,21-22H,15-16H2,1-3H3,(H,25,30)/t21-,22+/m0/s1. The Morgan fingerprint density at radius 1 is 1.10 bits per heavy atom. The van der Waals surface area contributed by atoms with Gasteiger partial charge in [-0.25, -0.2) is 0 Å². The summed E-state index contributed by atoms with van der Waals surface area (Å²) in [5, 5.41) is 4.21. The smallest absolute Gasteiger partial charge is 0.170 e. The van der Waals surface area contributed by atoms with Crippen molar-refractivity contribution in [2.45, 2.75) is 12.1 Å². The van der Waals surface area contributed by atoms with Crippen molar-refractivity contribution in [3.63, 3.8) is 0 Å². The molecule has 0 spiro atoms. The highest BCUT2D eigenvalue weighted by atomic mass is 32.1. The molecule has 30 heavy (non-hydrogen) atoms. The molecule has 7 heteroatoms. The molecule has 0 amide bonds. The van der Waals surface area contributed by atoms with E-state index in [1.807, 2.05) is 38.5 Å². The molecule has 0 unspecified atom stereocenters. The van der Waals surface area contributed by atoms with Crippen LogP contribution in [-0.4, -0.2) is 53.9 Å². The molecule has 156 valence electrons. The molecule has 0 saturated carbocycles. The molecular weight excluding hydrogens is 394 g/mol. The van der Waals surface area contributed by atoms with Crippen molar-refractivity contribution in [3.8, 4) is 5.69 Å². The monoisotopic (exact) mass is 421 g/mol. The van der Waals surface area contributed by atoms with Gasteiger partial charge in [-0.1, -0.05) is 6.07 Å². The van der Waals surface area contributed by atoms with E-state index in [9.17, 15) is 0 Å². The average molecular weight is 422 g/mol. The summed E-state index contributed by atoms with van der Waals surface area (Å²) in [6, 6.07) is 18.8. The number of anilines is 1. The zero-order chi connectivity index (χ0) is 21.1. The van der Waals surface area contributed by atoms with Crippen molar-refractivity contribution in [1.29, 1.82) is 0 Å². The quantitative estimate of drug-likeness (QED) is 0.589. The van der Waals surface area contributed by atoms with E-state index in [0.717, 1.165) is 22.2 Å². The maximum Gasteiger partial charge on any atom is 0.170 e. The molecule has 3 heterocycles. The van der Waals surface area contributed by atoms with E-state index in [2.05, 4.69) is 67.3 Å². The molecule has 1 aromatic carbocycles. The summed E-state index contributed by atoms with van der Waals surface area (Å²) in [5.41, 5.74) is 4.42. The van der Waals surface area contributed by atoms with Gasteiger partial charge in [0.15, 0.2) is 5.11 Å². The summed E-state index contributed by atoms with van der Waals surface area (Å²) < 4.78 is 7.58. The van der Waals surface area contributed by atoms with E-state index < -0.39 is 0 Å². The topological polar surface area (TPSA) is 45.6 Å². The Labute approximate surface area is 183 Å². The zero-order valence-corrected chi connectivity index (χ0v) is 18.3. The summed E-state index contributed by atoms with van der Waals surface area (Å²) in [5.74, 6) is 0.